The molecule has 0 spiro atoms. The zero-order valence-corrected chi connectivity index (χ0v) is 26.9. The van der Waals surface area contributed by atoms with E-state index >= 15 is 0 Å². The first-order valence-electron chi connectivity index (χ1n) is 17.5. The van der Waals surface area contributed by atoms with Crippen molar-refractivity contribution in [2.45, 2.75) is 131 Å². The Morgan fingerprint density at radius 3 is 2.40 bits per heavy atom. The van der Waals surface area contributed by atoms with Crippen LogP contribution in [0.15, 0.2) is 5.18 Å². The van der Waals surface area contributed by atoms with Crippen LogP contribution in [0.25, 0.3) is 0 Å². The van der Waals surface area contributed by atoms with Gasteiger partial charge in [0, 0.05) is 19.7 Å². The third-order valence-electron chi connectivity index (χ3n) is 13.0. The lowest BCUT2D eigenvalue weighted by Gasteiger charge is -2.61. The van der Waals surface area contributed by atoms with Gasteiger partial charge in [-0.1, -0.05) is 59.1 Å². The van der Waals surface area contributed by atoms with E-state index in [1.165, 1.54) is 77.0 Å². The van der Waals surface area contributed by atoms with E-state index in [0.717, 1.165) is 67.4 Å². The number of ether oxygens (including phenoxy) is 1. The van der Waals surface area contributed by atoms with Crippen LogP contribution in [0.5, 0.6) is 0 Å². The smallest absolute Gasteiger partial charge is 0.0938 e. The molecule has 0 bridgehead atoms. The van der Waals surface area contributed by atoms with Crippen molar-refractivity contribution >= 4 is 0 Å². The maximum atomic E-state index is 10.5. The molecule has 9 atom stereocenters. The average molecular weight is 561 g/mol. The molecule has 0 saturated heterocycles. The highest BCUT2D eigenvalue weighted by Gasteiger charge is 2.60. The fourth-order valence-electron chi connectivity index (χ4n) is 10.7. The molecular formula is C35H64N2O3. The Hall–Kier alpha value is -0.520. The summed E-state index contributed by atoms with van der Waals surface area (Å²) in [6.07, 6.45) is 19.6. The highest BCUT2D eigenvalue weighted by atomic mass is 16.5. The predicted molar refractivity (Wildman–Crippen MR) is 166 cm³/mol. The van der Waals surface area contributed by atoms with Crippen LogP contribution in [0.2, 0.25) is 0 Å². The monoisotopic (exact) mass is 560 g/mol. The first-order chi connectivity index (χ1) is 19.2. The Balaban J connectivity index is 1.24. The van der Waals surface area contributed by atoms with Crippen LogP contribution in [-0.4, -0.2) is 55.5 Å². The molecule has 5 nitrogen and oxygen atoms in total. The molecule has 0 aromatic rings. The van der Waals surface area contributed by atoms with Gasteiger partial charge < -0.3 is 9.84 Å². The summed E-state index contributed by atoms with van der Waals surface area (Å²) in [7, 11) is 0. The van der Waals surface area contributed by atoms with Crippen molar-refractivity contribution in [3.8, 4) is 0 Å². The molecule has 0 radical (unpaired) electrons. The van der Waals surface area contributed by atoms with Crippen molar-refractivity contribution in [1.29, 1.82) is 0 Å². The van der Waals surface area contributed by atoms with E-state index in [0.29, 0.717) is 36.6 Å². The maximum absolute atomic E-state index is 10.5. The van der Waals surface area contributed by atoms with Crippen LogP contribution < -0.4 is 0 Å². The maximum Gasteiger partial charge on any atom is 0.0938 e. The van der Waals surface area contributed by atoms with Crippen LogP contribution in [0.1, 0.15) is 125 Å². The minimum absolute atomic E-state index is 0.136. The Bertz CT molecular complexity index is 776. The van der Waals surface area contributed by atoms with Crippen LogP contribution in [0, 0.1) is 57.2 Å². The van der Waals surface area contributed by atoms with Crippen LogP contribution >= 0.6 is 0 Å². The summed E-state index contributed by atoms with van der Waals surface area (Å²) in [6, 6.07) is 0. The van der Waals surface area contributed by atoms with Gasteiger partial charge in [0.05, 0.1) is 19.3 Å². The van der Waals surface area contributed by atoms with Gasteiger partial charge >= 0.3 is 0 Å². The SMILES string of the molecule is CC(C)CCCC(C)C1CCC2C3CCC4CC(OCCCCN(CCO)CCN=O)CCC4(C)C3CCC12C. The van der Waals surface area contributed by atoms with E-state index in [1.54, 1.807) is 0 Å². The van der Waals surface area contributed by atoms with E-state index in [2.05, 4.69) is 44.7 Å². The Kier molecular flexibility index (Phi) is 12.0. The standard InChI is InChI=1S/C35H64N2O3/c1-26(2)9-8-10-27(3)31-13-14-32-30-12-11-28-25-29(15-17-34(28,4)33(30)16-18-35(31,32)5)40-24-7-6-20-37(22-23-38)21-19-36-39/h26-33,38H,6-25H2,1-5H3. The summed E-state index contributed by atoms with van der Waals surface area (Å²) in [4.78, 5) is 12.6. The molecule has 4 saturated carbocycles. The number of hydrogen-bond acceptors (Lipinski definition) is 5. The van der Waals surface area contributed by atoms with Gasteiger partial charge in [0.1, 0.15) is 0 Å². The van der Waals surface area contributed by atoms with E-state index in [1.807, 2.05) is 0 Å². The van der Waals surface area contributed by atoms with Gasteiger partial charge in [-0.25, -0.2) is 0 Å². The third kappa shape index (κ3) is 7.33. The van der Waals surface area contributed by atoms with Gasteiger partial charge in [-0.05, 0) is 129 Å². The number of aliphatic hydroxyl groups excluding tert-OH is 1. The van der Waals surface area contributed by atoms with Gasteiger partial charge in [0.15, 0.2) is 0 Å². The van der Waals surface area contributed by atoms with Crippen molar-refractivity contribution in [3.63, 3.8) is 0 Å². The van der Waals surface area contributed by atoms with Crippen molar-refractivity contribution < 1.29 is 9.84 Å². The molecule has 232 valence electrons. The topological polar surface area (TPSA) is 62.1 Å². The first-order valence-corrected chi connectivity index (χ1v) is 17.5. The minimum Gasteiger partial charge on any atom is -0.395 e. The molecule has 9 unspecified atom stereocenters. The number of hydrogen-bond donors (Lipinski definition) is 1. The van der Waals surface area contributed by atoms with Gasteiger partial charge in [-0.2, -0.15) is 4.91 Å². The second-order valence-electron chi connectivity index (χ2n) is 15.6. The molecule has 4 rings (SSSR count). The second kappa shape index (κ2) is 14.8. The lowest BCUT2D eigenvalue weighted by Crippen LogP contribution is -2.54. The molecule has 0 aromatic carbocycles. The number of fused-ring (bicyclic) bond motifs is 5. The number of nitroso groups, excluding NO2 is 1. The van der Waals surface area contributed by atoms with Gasteiger partial charge in [0.2, 0.25) is 0 Å². The normalized spacial score (nSPS) is 38.2. The molecule has 0 amide bonds. The molecule has 1 N–H and O–H groups in total. The number of unbranched alkanes of at least 4 members (excludes halogenated alkanes) is 1. The van der Waals surface area contributed by atoms with Gasteiger partial charge in [-0.15, -0.1) is 0 Å². The molecule has 0 heterocycles. The summed E-state index contributed by atoms with van der Waals surface area (Å²) in [5, 5.41) is 12.2. The zero-order chi connectivity index (χ0) is 28.8. The van der Waals surface area contributed by atoms with Crippen LogP contribution in [-0.2, 0) is 4.74 Å². The zero-order valence-electron chi connectivity index (χ0n) is 26.9. The van der Waals surface area contributed by atoms with Crippen molar-refractivity contribution in [3.05, 3.63) is 4.91 Å². The van der Waals surface area contributed by atoms with E-state index in [9.17, 15) is 10.0 Å². The van der Waals surface area contributed by atoms with E-state index < -0.39 is 0 Å². The van der Waals surface area contributed by atoms with Crippen LogP contribution in [0.4, 0.5) is 0 Å². The lowest BCUT2D eigenvalue weighted by atomic mass is 9.44. The third-order valence-corrected chi connectivity index (χ3v) is 13.0. The van der Waals surface area contributed by atoms with Crippen molar-refractivity contribution in [1.82, 2.24) is 4.90 Å². The quantitative estimate of drug-likeness (QED) is 0.152. The summed E-state index contributed by atoms with van der Waals surface area (Å²) < 4.78 is 6.47. The average Bonchev–Trinajstić information content (AvgIpc) is 3.28. The summed E-state index contributed by atoms with van der Waals surface area (Å²) in [6.45, 7) is 16.2. The molecule has 5 heteroatoms. The first kappa shape index (κ1) is 32.4. The predicted octanol–water partition coefficient (Wildman–Crippen LogP) is 8.33. The molecule has 40 heavy (non-hydrogen) atoms. The Morgan fingerprint density at radius 2 is 1.65 bits per heavy atom. The summed E-state index contributed by atoms with van der Waals surface area (Å²) >= 11 is 0. The van der Waals surface area contributed by atoms with Gasteiger partial charge in [0.25, 0.3) is 0 Å². The minimum atomic E-state index is 0.136. The summed E-state index contributed by atoms with van der Waals surface area (Å²) in [5.41, 5.74) is 1.13. The largest absolute Gasteiger partial charge is 0.395 e. The Morgan fingerprint density at radius 1 is 0.875 bits per heavy atom. The van der Waals surface area contributed by atoms with Gasteiger partial charge in [-0.3, -0.25) is 4.90 Å². The van der Waals surface area contributed by atoms with Crippen molar-refractivity contribution in [2.24, 2.45) is 57.4 Å². The fourth-order valence-corrected chi connectivity index (χ4v) is 10.7. The number of nitrogens with zero attached hydrogens (tertiary/aromatic N) is 2. The van der Waals surface area contributed by atoms with E-state index in [-0.39, 0.29) is 6.61 Å². The molecule has 4 fully saturated rings. The second-order valence-corrected chi connectivity index (χ2v) is 15.6. The molecular weight excluding hydrogens is 496 g/mol. The molecule has 4 aliphatic rings. The number of rotatable bonds is 16. The highest BCUT2D eigenvalue weighted by Crippen LogP contribution is 2.68. The van der Waals surface area contributed by atoms with E-state index in [4.69, 9.17) is 4.74 Å². The highest BCUT2D eigenvalue weighted by molar-refractivity contribution is 5.09. The van der Waals surface area contributed by atoms with Crippen LogP contribution in [0.3, 0.4) is 0 Å². The van der Waals surface area contributed by atoms with Crippen molar-refractivity contribution in [2.75, 3.05) is 39.4 Å². The molecule has 0 aliphatic heterocycles. The lowest BCUT2D eigenvalue weighted by molar-refractivity contribution is -0.137. The Labute approximate surface area is 246 Å². The molecule has 0 aromatic heterocycles. The molecule has 4 aliphatic carbocycles. The fraction of sp³-hybridized carbons (Fsp3) is 1.00. The number of aliphatic hydroxyl groups is 1. The summed E-state index contributed by atoms with van der Waals surface area (Å²) in [5.74, 6) is 6.44.